The highest BCUT2D eigenvalue weighted by molar-refractivity contribution is 5.89. The molecule has 4 atom stereocenters. The Morgan fingerprint density at radius 2 is 0.778 bits per heavy atom. The Morgan fingerprint density at radius 3 is 1.04 bits per heavy atom. The van der Waals surface area contributed by atoms with E-state index < -0.39 is 66.4 Å². The zero-order valence-corrected chi connectivity index (χ0v) is 27.5. The van der Waals surface area contributed by atoms with Gasteiger partial charge in [0.2, 0.25) is 42.8 Å². The highest BCUT2D eigenvalue weighted by Crippen LogP contribution is 2.21. The van der Waals surface area contributed by atoms with Gasteiger partial charge >= 0.3 is 0 Å². The summed E-state index contributed by atoms with van der Waals surface area (Å²) >= 11 is 0. The molecule has 6 N–H and O–H groups in total. The number of aliphatic hydroxyl groups excluding tert-OH is 4. The lowest BCUT2D eigenvalue weighted by Gasteiger charge is -2.35. The van der Waals surface area contributed by atoms with Crippen LogP contribution in [0.15, 0.2) is 0 Å². The van der Waals surface area contributed by atoms with Crippen molar-refractivity contribution in [3.63, 3.8) is 0 Å². The summed E-state index contributed by atoms with van der Waals surface area (Å²) in [7, 11) is 0. The van der Waals surface area contributed by atoms with Gasteiger partial charge in [-0.15, -0.1) is 0 Å². The van der Waals surface area contributed by atoms with Crippen molar-refractivity contribution >= 4 is 41.5 Å². The molecule has 4 amide bonds. The molecule has 0 aliphatic rings. The second kappa shape index (κ2) is 18.8. The first-order valence-electron chi connectivity index (χ1n) is 15.2. The van der Waals surface area contributed by atoms with Gasteiger partial charge in [-0.2, -0.15) is 15.0 Å². The van der Waals surface area contributed by atoms with Gasteiger partial charge in [-0.05, 0) is 55.4 Å². The van der Waals surface area contributed by atoms with Gasteiger partial charge in [0, 0.05) is 52.4 Å². The van der Waals surface area contributed by atoms with Gasteiger partial charge in [-0.25, -0.2) is 0 Å². The largest absolute Gasteiger partial charge is 0.365 e. The molecule has 0 saturated heterocycles. The van der Waals surface area contributed by atoms with E-state index in [4.69, 9.17) is 0 Å². The molecular formula is C27H50N10O8. The van der Waals surface area contributed by atoms with E-state index in [-0.39, 0.29) is 52.4 Å². The molecule has 0 bridgehead atoms. The fourth-order valence-electron chi connectivity index (χ4n) is 4.38. The highest BCUT2D eigenvalue weighted by atomic mass is 16.3. The van der Waals surface area contributed by atoms with Crippen LogP contribution in [0, 0.1) is 0 Å². The SMILES string of the molecule is CCN(CC)C(=O)C(O)Nc1nc(NC(O)C(=O)N(CC)CC)nc(N(C(O)C(=O)N(CC)CC)C(O)C(=O)N(CC)CC)n1. The molecule has 0 spiro atoms. The summed E-state index contributed by atoms with van der Waals surface area (Å²) < 4.78 is 0. The summed E-state index contributed by atoms with van der Waals surface area (Å²) in [6, 6.07) is 0. The van der Waals surface area contributed by atoms with Crippen LogP contribution in [0.4, 0.5) is 17.8 Å². The highest BCUT2D eigenvalue weighted by Gasteiger charge is 2.39. The van der Waals surface area contributed by atoms with E-state index in [1.54, 1.807) is 55.4 Å². The quantitative estimate of drug-likeness (QED) is 0.0920. The number of carbonyl (C=O) groups is 4. The Bertz CT molecular complexity index is 1030. The third kappa shape index (κ3) is 10.1. The number of amides is 4. The van der Waals surface area contributed by atoms with E-state index in [0.717, 1.165) is 0 Å². The predicted octanol–water partition coefficient (Wildman–Crippen LogP) is -1.75. The molecule has 0 aromatic carbocycles. The Labute approximate surface area is 264 Å². The van der Waals surface area contributed by atoms with Crippen molar-refractivity contribution in [1.29, 1.82) is 0 Å². The molecule has 45 heavy (non-hydrogen) atoms. The Kier molecular flexibility index (Phi) is 16.4. The van der Waals surface area contributed by atoms with E-state index in [1.807, 2.05) is 0 Å². The number of hydrogen-bond acceptors (Lipinski definition) is 14. The van der Waals surface area contributed by atoms with Crippen LogP contribution in [0.1, 0.15) is 55.4 Å². The van der Waals surface area contributed by atoms with Crippen LogP contribution < -0.4 is 15.5 Å². The topological polar surface area (TPSA) is 228 Å². The number of carbonyl (C=O) groups excluding carboxylic acids is 4. The predicted molar refractivity (Wildman–Crippen MR) is 165 cm³/mol. The van der Waals surface area contributed by atoms with Crippen molar-refractivity contribution in [2.24, 2.45) is 0 Å². The van der Waals surface area contributed by atoms with E-state index >= 15 is 0 Å². The maximum atomic E-state index is 13.3. The number of nitrogens with zero attached hydrogens (tertiary/aromatic N) is 8. The lowest BCUT2D eigenvalue weighted by molar-refractivity contribution is -0.146. The number of nitrogens with one attached hydrogen (secondary N) is 2. The number of hydrogen-bond donors (Lipinski definition) is 6. The van der Waals surface area contributed by atoms with Gasteiger partial charge in [0.15, 0.2) is 0 Å². The van der Waals surface area contributed by atoms with Gasteiger partial charge in [0.05, 0.1) is 0 Å². The van der Waals surface area contributed by atoms with E-state index in [2.05, 4.69) is 25.6 Å². The average molecular weight is 643 g/mol. The number of aromatic nitrogens is 3. The summed E-state index contributed by atoms with van der Waals surface area (Å²) in [5.74, 6) is -4.88. The molecule has 18 heteroatoms. The summed E-state index contributed by atoms with van der Waals surface area (Å²) in [5.41, 5.74) is 0. The minimum Gasteiger partial charge on any atom is -0.365 e. The number of likely N-dealkylation sites (N-methyl/N-ethyl adjacent to an activating group) is 4. The fourth-order valence-corrected chi connectivity index (χ4v) is 4.38. The van der Waals surface area contributed by atoms with Crippen LogP contribution in [0.2, 0.25) is 0 Å². The van der Waals surface area contributed by atoms with Crippen LogP contribution in [-0.4, -0.2) is 156 Å². The standard InChI is InChI=1S/C27H50N10O8/c1-9-33(10-2)19(40)17(38)28-25-30-26(29-18(39)20(41)34(11-3)12-4)32-27(31-25)37(23(44)21(42)35(13-5)14-6)24(45)22(43)36(15-7)16-8/h17-18,23-24,38-39,44-45H,9-16H2,1-8H3,(H2,28,29,30,31,32). The van der Waals surface area contributed by atoms with Gasteiger partial charge in [0.25, 0.3) is 23.6 Å². The Morgan fingerprint density at radius 1 is 0.511 bits per heavy atom. The van der Waals surface area contributed by atoms with Gasteiger partial charge in [0.1, 0.15) is 0 Å². The molecule has 18 nitrogen and oxygen atoms in total. The molecule has 1 aromatic heterocycles. The molecule has 0 saturated carbocycles. The Hall–Kier alpha value is -3.87. The third-order valence-corrected chi connectivity index (χ3v) is 7.12. The summed E-state index contributed by atoms with van der Waals surface area (Å²) in [6.07, 6.45) is -8.11. The molecular weight excluding hydrogens is 592 g/mol. The molecule has 0 aliphatic carbocycles. The van der Waals surface area contributed by atoms with Crippen molar-refractivity contribution in [1.82, 2.24) is 34.6 Å². The monoisotopic (exact) mass is 642 g/mol. The van der Waals surface area contributed by atoms with Crippen LogP contribution in [0.5, 0.6) is 0 Å². The smallest absolute Gasteiger partial charge is 0.272 e. The second-order valence-electron chi connectivity index (χ2n) is 9.57. The average Bonchev–Trinajstić information content (AvgIpc) is 3.02. The fraction of sp³-hybridized carbons (Fsp3) is 0.741. The first-order chi connectivity index (χ1) is 21.3. The van der Waals surface area contributed by atoms with E-state index in [1.165, 1.54) is 19.6 Å². The normalized spacial score (nSPS) is 13.6. The van der Waals surface area contributed by atoms with Crippen molar-refractivity contribution in [3.8, 4) is 0 Å². The molecule has 1 rings (SSSR count). The van der Waals surface area contributed by atoms with Crippen LogP contribution in [0.25, 0.3) is 0 Å². The molecule has 1 aromatic rings. The molecule has 256 valence electrons. The minimum atomic E-state index is -2.19. The third-order valence-electron chi connectivity index (χ3n) is 7.12. The van der Waals surface area contributed by atoms with Gasteiger partial charge in [-0.3, -0.25) is 24.1 Å². The lowest BCUT2D eigenvalue weighted by atomic mass is 10.3. The zero-order chi connectivity index (χ0) is 34.4. The molecule has 4 unspecified atom stereocenters. The maximum Gasteiger partial charge on any atom is 0.272 e. The summed E-state index contributed by atoms with van der Waals surface area (Å²) in [6.45, 7) is 15.5. The summed E-state index contributed by atoms with van der Waals surface area (Å²) in [5, 5.41) is 48.6. The Balaban J connectivity index is 3.85. The zero-order valence-electron chi connectivity index (χ0n) is 27.5. The second-order valence-corrected chi connectivity index (χ2v) is 9.57. The first-order valence-corrected chi connectivity index (χ1v) is 15.2. The number of aliphatic hydroxyl groups is 4. The minimum absolute atomic E-state index is 0.191. The van der Waals surface area contributed by atoms with E-state index in [0.29, 0.717) is 4.90 Å². The molecule has 0 aliphatic heterocycles. The number of anilines is 3. The van der Waals surface area contributed by atoms with Crippen LogP contribution >= 0.6 is 0 Å². The van der Waals surface area contributed by atoms with Crippen LogP contribution in [0.3, 0.4) is 0 Å². The molecule has 1 heterocycles. The first kappa shape index (κ1) is 39.2. The molecule has 0 fully saturated rings. The van der Waals surface area contributed by atoms with E-state index in [9.17, 15) is 39.6 Å². The van der Waals surface area contributed by atoms with Crippen molar-refractivity contribution in [2.45, 2.75) is 80.3 Å². The number of rotatable bonds is 19. The molecule has 0 radical (unpaired) electrons. The van der Waals surface area contributed by atoms with Crippen molar-refractivity contribution in [3.05, 3.63) is 0 Å². The van der Waals surface area contributed by atoms with Crippen LogP contribution in [-0.2, 0) is 19.2 Å². The van der Waals surface area contributed by atoms with Gasteiger partial charge < -0.3 is 50.7 Å². The van der Waals surface area contributed by atoms with Crippen molar-refractivity contribution < 1.29 is 39.6 Å². The summed E-state index contributed by atoms with van der Waals surface area (Å²) in [4.78, 5) is 70.0. The lowest BCUT2D eigenvalue weighted by Crippen LogP contribution is -2.58. The van der Waals surface area contributed by atoms with Crippen molar-refractivity contribution in [2.75, 3.05) is 67.9 Å². The maximum absolute atomic E-state index is 13.3. The van der Waals surface area contributed by atoms with Gasteiger partial charge in [-0.1, -0.05) is 0 Å².